The van der Waals surface area contributed by atoms with Gasteiger partial charge in [-0.05, 0) is 54.7 Å². The van der Waals surface area contributed by atoms with Gasteiger partial charge in [0.2, 0.25) is 0 Å². The lowest BCUT2D eigenvalue weighted by atomic mass is 9.79. The quantitative estimate of drug-likeness (QED) is 0.813. The van der Waals surface area contributed by atoms with Crippen LogP contribution in [0.3, 0.4) is 0 Å². The predicted molar refractivity (Wildman–Crippen MR) is 94.6 cm³/mol. The second kappa shape index (κ2) is 6.38. The molecule has 1 unspecified atom stereocenters. The number of hydrogen-bond acceptors (Lipinski definition) is 2. The van der Waals surface area contributed by atoms with E-state index in [2.05, 4.69) is 44.5 Å². The topological polar surface area (TPSA) is 27.1 Å². The Balaban J connectivity index is 2.10. The number of ether oxygens (including phenoxy) is 1. The molecular formula is C20H28N2O. The summed E-state index contributed by atoms with van der Waals surface area (Å²) in [5, 5.41) is 4.99. The van der Waals surface area contributed by atoms with Crippen molar-refractivity contribution < 1.29 is 4.74 Å². The fourth-order valence-corrected chi connectivity index (χ4v) is 3.66. The van der Waals surface area contributed by atoms with Crippen molar-refractivity contribution in [3.05, 3.63) is 41.2 Å². The zero-order valence-corrected chi connectivity index (χ0v) is 15.0. The van der Waals surface area contributed by atoms with Gasteiger partial charge in [0.05, 0.1) is 18.5 Å². The highest BCUT2D eigenvalue weighted by Crippen LogP contribution is 2.35. The molecule has 1 aliphatic rings. The van der Waals surface area contributed by atoms with Crippen molar-refractivity contribution in [2.75, 3.05) is 7.11 Å². The largest absolute Gasteiger partial charge is 0.497 e. The number of aromatic nitrogens is 2. The standard InChI is InChI=1S/C20H28N2O/c1-13(2)15-9-10-18-19(11-15)22(21-20(18)14(3)4)16-7-6-8-17(12-16)23-5/h6-8,12-15H,9-11H2,1-5H3. The fraction of sp³-hybridized carbons (Fsp3) is 0.550. The molecule has 0 aliphatic heterocycles. The number of hydrogen-bond donors (Lipinski definition) is 0. The highest BCUT2D eigenvalue weighted by atomic mass is 16.5. The van der Waals surface area contributed by atoms with E-state index in [1.165, 1.54) is 23.4 Å². The molecule has 1 aromatic carbocycles. The summed E-state index contributed by atoms with van der Waals surface area (Å²) in [7, 11) is 1.71. The van der Waals surface area contributed by atoms with Crippen LogP contribution < -0.4 is 4.74 Å². The number of fused-ring (bicyclic) bond motifs is 1. The molecule has 0 saturated heterocycles. The highest BCUT2D eigenvalue weighted by Gasteiger charge is 2.29. The Bertz CT molecular complexity index is 685. The Kier molecular flexibility index (Phi) is 4.47. The van der Waals surface area contributed by atoms with E-state index in [0.29, 0.717) is 5.92 Å². The van der Waals surface area contributed by atoms with Crippen LogP contribution in [0, 0.1) is 11.8 Å². The van der Waals surface area contributed by atoms with Gasteiger partial charge in [-0.3, -0.25) is 0 Å². The molecule has 0 bridgehead atoms. The van der Waals surface area contributed by atoms with E-state index in [1.807, 2.05) is 12.1 Å². The van der Waals surface area contributed by atoms with Crippen LogP contribution in [-0.2, 0) is 12.8 Å². The first-order valence-electron chi connectivity index (χ1n) is 8.76. The van der Waals surface area contributed by atoms with Crippen LogP contribution in [0.15, 0.2) is 24.3 Å². The van der Waals surface area contributed by atoms with E-state index >= 15 is 0 Å². The van der Waals surface area contributed by atoms with Gasteiger partial charge in [0.1, 0.15) is 5.75 Å². The zero-order valence-electron chi connectivity index (χ0n) is 15.0. The van der Waals surface area contributed by atoms with Crippen molar-refractivity contribution in [3.63, 3.8) is 0 Å². The van der Waals surface area contributed by atoms with E-state index in [-0.39, 0.29) is 0 Å². The van der Waals surface area contributed by atoms with E-state index in [1.54, 1.807) is 7.11 Å². The average Bonchev–Trinajstić information content (AvgIpc) is 2.93. The first-order chi connectivity index (χ1) is 11.0. The summed E-state index contributed by atoms with van der Waals surface area (Å²) in [4.78, 5) is 0. The summed E-state index contributed by atoms with van der Waals surface area (Å²) in [5.41, 5.74) is 5.27. The SMILES string of the molecule is COc1cccc(-n2nc(C(C)C)c3c2CC(C(C)C)CC3)c1. The molecule has 0 N–H and O–H groups in total. The van der Waals surface area contributed by atoms with Crippen LogP contribution in [0.25, 0.3) is 5.69 Å². The Labute approximate surface area is 139 Å². The Morgan fingerprint density at radius 2 is 2.00 bits per heavy atom. The minimum atomic E-state index is 0.464. The van der Waals surface area contributed by atoms with E-state index in [0.717, 1.165) is 36.1 Å². The smallest absolute Gasteiger partial charge is 0.121 e. The van der Waals surface area contributed by atoms with Crippen molar-refractivity contribution >= 4 is 0 Å². The molecule has 0 saturated carbocycles. The summed E-state index contributed by atoms with van der Waals surface area (Å²) in [6.45, 7) is 9.16. The summed E-state index contributed by atoms with van der Waals surface area (Å²) >= 11 is 0. The van der Waals surface area contributed by atoms with E-state index in [9.17, 15) is 0 Å². The Hall–Kier alpha value is -1.77. The third-order valence-electron chi connectivity index (χ3n) is 5.13. The third-order valence-corrected chi connectivity index (χ3v) is 5.13. The van der Waals surface area contributed by atoms with Gasteiger partial charge < -0.3 is 4.74 Å². The van der Waals surface area contributed by atoms with Crippen molar-refractivity contribution in [3.8, 4) is 11.4 Å². The molecule has 0 spiro atoms. The van der Waals surface area contributed by atoms with Gasteiger partial charge >= 0.3 is 0 Å². The first kappa shape index (κ1) is 16.1. The molecule has 3 rings (SSSR count). The van der Waals surface area contributed by atoms with Gasteiger partial charge in [-0.1, -0.05) is 33.8 Å². The van der Waals surface area contributed by atoms with Gasteiger partial charge in [-0.25, -0.2) is 4.68 Å². The lowest BCUT2D eigenvalue weighted by Gasteiger charge is -2.27. The highest BCUT2D eigenvalue weighted by molar-refractivity contribution is 5.43. The molecule has 124 valence electrons. The maximum atomic E-state index is 5.39. The van der Waals surface area contributed by atoms with Gasteiger partial charge in [-0.2, -0.15) is 5.10 Å². The van der Waals surface area contributed by atoms with Gasteiger partial charge in [0.15, 0.2) is 0 Å². The van der Waals surface area contributed by atoms with Gasteiger partial charge in [0, 0.05) is 11.8 Å². The molecule has 1 atom stereocenters. The number of rotatable bonds is 4. The van der Waals surface area contributed by atoms with Crippen molar-refractivity contribution in [1.82, 2.24) is 9.78 Å². The van der Waals surface area contributed by atoms with Gasteiger partial charge in [-0.15, -0.1) is 0 Å². The average molecular weight is 312 g/mol. The fourth-order valence-electron chi connectivity index (χ4n) is 3.66. The predicted octanol–water partition coefficient (Wildman–Crippen LogP) is 4.77. The maximum Gasteiger partial charge on any atom is 0.121 e. The lowest BCUT2D eigenvalue weighted by Crippen LogP contribution is -2.21. The van der Waals surface area contributed by atoms with Crippen LogP contribution in [0.4, 0.5) is 0 Å². The molecule has 0 fully saturated rings. The molecule has 3 heteroatoms. The molecule has 1 heterocycles. The molecule has 0 amide bonds. The van der Waals surface area contributed by atoms with Gasteiger partial charge in [0.25, 0.3) is 0 Å². The number of nitrogens with zero attached hydrogens (tertiary/aromatic N) is 2. The van der Waals surface area contributed by atoms with Crippen LogP contribution >= 0.6 is 0 Å². The lowest BCUT2D eigenvalue weighted by molar-refractivity contribution is 0.337. The van der Waals surface area contributed by atoms with E-state index < -0.39 is 0 Å². The molecular weight excluding hydrogens is 284 g/mol. The summed E-state index contributed by atoms with van der Waals surface area (Å²) < 4.78 is 7.56. The number of benzene rings is 1. The third kappa shape index (κ3) is 3.01. The summed E-state index contributed by atoms with van der Waals surface area (Å²) in [6, 6.07) is 8.23. The van der Waals surface area contributed by atoms with Crippen LogP contribution in [0.1, 0.15) is 57.0 Å². The van der Waals surface area contributed by atoms with E-state index in [4.69, 9.17) is 9.84 Å². The van der Waals surface area contributed by atoms with Crippen molar-refractivity contribution in [1.29, 1.82) is 0 Å². The zero-order chi connectivity index (χ0) is 16.6. The second-order valence-electron chi connectivity index (χ2n) is 7.33. The van der Waals surface area contributed by atoms with Crippen molar-refractivity contribution in [2.24, 2.45) is 11.8 Å². The molecule has 2 aromatic rings. The monoisotopic (exact) mass is 312 g/mol. The van der Waals surface area contributed by atoms with Crippen molar-refractivity contribution in [2.45, 2.75) is 52.9 Å². The summed E-state index contributed by atoms with van der Waals surface area (Å²) in [5.74, 6) is 2.82. The van der Waals surface area contributed by atoms with Crippen LogP contribution in [0.5, 0.6) is 5.75 Å². The normalized spacial score (nSPS) is 17.6. The van der Waals surface area contributed by atoms with Crippen LogP contribution in [0.2, 0.25) is 0 Å². The molecule has 23 heavy (non-hydrogen) atoms. The second-order valence-corrected chi connectivity index (χ2v) is 7.33. The molecule has 0 radical (unpaired) electrons. The molecule has 3 nitrogen and oxygen atoms in total. The minimum absolute atomic E-state index is 0.464. The summed E-state index contributed by atoms with van der Waals surface area (Å²) in [6.07, 6.45) is 3.58. The maximum absolute atomic E-state index is 5.39. The molecule has 1 aromatic heterocycles. The Morgan fingerprint density at radius 1 is 1.22 bits per heavy atom. The number of methoxy groups -OCH3 is 1. The first-order valence-corrected chi connectivity index (χ1v) is 8.76. The van der Waals surface area contributed by atoms with Crippen LogP contribution in [-0.4, -0.2) is 16.9 Å². The molecule has 1 aliphatic carbocycles. The Morgan fingerprint density at radius 3 is 2.65 bits per heavy atom. The minimum Gasteiger partial charge on any atom is -0.497 e.